The number of carbonyl (C=O) groups excluding carboxylic acids is 1. The van der Waals surface area contributed by atoms with Gasteiger partial charge >= 0.3 is 0 Å². The average Bonchev–Trinajstić information content (AvgIpc) is 2.77. The van der Waals surface area contributed by atoms with Crippen molar-refractivity contribution < 1.29 is 9.53 Å². The van der Waals surface area contributed by atoms with Gasteiger partial charge in [-0.2, -0.15) is 0 Å². The third kappa shape index (κ3) is 7.90. The standard InChI is InChI=1S/C21H34N6O2.HI/c1-26(2)20(28)16-24-21(23-15-18-7-4-6-14-29-18)25-17-9-12-27(13-10-17)19-8-3-5-11-22-19;/h3,5,8,11,17-18H,4,6-7,9-10,12-16H2,1-2H3,(H2,23,24,25);1H. The molecule has 9 heteroatoms. The number of guanidine groups is 1. The Morgan fingerprint density at radius 2 is 2.07 bits per heavy atom. The van der Waals surface area contributed by atoms with Crippen LogP contribution in [-0.4, -0.2) is 80.8 Å². The van der Waals surface area contributed by atoms with Gasteiger partial charge < -0.3 is 25.2 Å². The summed E-state index contributed by atoms with van der Waals surface area (Å²) in [6, 6.07) is 6.34. The highest BCUT2D eigenvalue weighted by Crippen LogP contribution is 2.17. The molecule has 2 aliphatic rings. The number of carbonyl (C=O) groups is 1. The summed E-state index contributed by atoms with van der Waals surface area (Å²) in [6.07, 6.45) is 7.46. The molecule has 2 saturated heterocycles. The second kappa shape index (κ2) is 12.9. The van der Waals surface area contributed by atoms with Crippen molar-refractivity contribution >= 4 is 41.7 Å². The maximum absolute atomic E-state index is 12.0. The SMILES string of the molecule is CN(C)C(=O)CN=C(NCC1CCCCO1)NC1CCN(c2ccccn2)CC1.I. The van der Waals surface area contributed by atoms with E-state index in [2.05, 4.69) is 31.6 Å². The van der Waals surface area contributed by atoms with Gasteiger partial charge in [0.1, 0.15) is 12.4 Å². The van der Waals surface area contributed by atoms with Gasteiger partial charge in [-0.1, -0.05) is 6.07 Å². The molecule has 0 spiro atoms. The Bertz CT molecular complexity index is 659. The first kappa shape index (κ1) is 24.6. The number of halogens is 1. The highest BCUT2D eigenvalue weighted by molar-refractivity contribution is 14.0. The van der Waals surface area contributed by atoms with Crippen LogP contribution in [-0.2, 0) is 9.53 Å². The van der Waals surface area contributed by atoms with E-state index in [1.807, 2.05) is 18.3 Å². The Morgan fingerprint density at radius 1 is 1.27 bits per heavy atom. The van der Waals surface area contributed by atoms with Crippen LogP contribution in [0, 0.1) is 0 Å². The van der Waals surface area contributed by atoms with Gasteiger partial charge in [-0.25, -0.2) is 9.98 Å². The van der Waals surface area contributed by atoms with Crippen LogP contribution in [0.2, 0.25) is 0 Å². The van der Waals surface area contributed by atoms with E-state index in [0.717, 1.165) is 57.7 Å². The summed E-state index contributed by atoms with van der Waals surface area (Å²) in [5.74, 6) is 1.72. The van der Waals surface area contributed by atoms with Crippen LogP contribution in [0.15, 0.2) is 29.4 Å². The number of pyridine rings is 1. The topological polar surface area (TPSA) is 82.1 Å². The van der Waals surface area contributed by atoms with Gasteiger partial charge in [-0.3, -0.25) is 4.79 Å². The van der Waals surface area contributed by atoms with E-state index in [1.165, 1.54) is 6.42 Å². The number of hydrogen-bond acceptors (Lipinski definition) is 5. The maximum Gasteiger partial charge on any atom is 0.243 e. The van der Waals surface area contributed by atoms with Crippen LogP contribution >= 0.6 is 24.0 Å². The van der Waals surface area contributed by atoms with Gasteiger partial charge in [0, 0.05) is 52.6 Å². The van der Waals surface area contributed by atoms with E-state index in [4.69, 9.17) is 4.74 Å². The number of nitrogens with zero attached hydrogens (tertiary/aromatic N) is 4. The maximum atomic E-state index is 12.0. The molecule has 8 nitrogen and oxygen atoms in total. The van der Waals surface area contributed by atoms with Crippen molar-refractivity contribution in [2.75, 3.05) is 51.8 Å². The minimum atomic E-state index is -0.00927. The number of rotatable bonds is 6. The monoisotopic (exact) mass is 530 g/mol. The van der Waals surface area contributed by atoms with Crippen LogP contribution in [0.4, 0.5) is 5.82 Å². The Morgan fingerprint density at radius 3 is 2.70 bits per heavy atom. The Balaban J connectivity index is 0.00000320. The van der Waals surface area contributed by atoms with Gasteiger partial charge in [0.25, 0.3) is 0 Å². The molecule has 1 aromatic heterocycles. The first-order chi connectivity index (χ1) is 14.1. The molecule has 1 atom stereocenters. The van der Waals surface area contributed by atoms with E-state index < -0.39 is 0 Å². The van der Waals surface area contributed by atoms with E-state index in [-0.39, 0.29) is 42.5 Å². The summed E-state index contributed by atoms with van der Waals surface area (Å²) >= 11 is 0. The zero-order valence-corrected chi connectivity index (χ0v) is 20.4. The van der Waals surface area contributed by atoms with Crippen LogP contribution < -0.4 is 15.5 Å². The fraction of sp³-hybridized carbons (Fsp3) is 0.667. The molecule has 2 fully saturated rings. The summed E-state index contributed by atoms with van der Waals surface area (Å²) in [5.41, 5.74) is 0. The Hall–Kier alpha value is -1.62. The lowest BCUT2D eigenvalue weighted by Gasteiger charge is -2.34. The summed E-state index contributed by atoms with van der Waals surface area (Å²) in [6.45, 7) is 3.58. The number of ether oxygens (including phenoxy) is 1. The summed E-state index contributed by atoms with van der Waals surface area (Å²) in [4.78, 5) is 24.8. The van der Waals surface area contributed by atoms with Gasteiger partial charge in [-0.15, -0.1) is 24.0 Å². The van der Waals surface area contributed by atoms with Gasteiger partial charge in [0.2, 0.25) is 5.91 Å². The highest BCUT2D eigenvalue weighted by atomic mass is 127. The predicted octanol–water partition coefficient (Wildman–Crippen LogP) is 1.86. The molecular weight excluding hydrogens is 495 g/mol. The normalized spacial score (nSPS) is 20.3. The van der Waals surface area contributed by atoms with Crippen LogP contribution in [0.3, 0.4) is 0 Å². The van der Waals surface area contributed by atoms with Crippen molar-refractivity contribution in [2.45, 2.75) is 44.2 Å². The lowest BCUT2D eigenvalue weighted by Crippen LogP contribution is -2.50. The van der Waals surface area contributed by atoms with Crippen molar-refractivity contribution in [3.63, 3.8) is 0 Å². The first-order valence-electron chi connectivity index (χ1n) is 10.6. The molecule has 3 rings (SSSR count). The van der Waals surface area contributed by atoms with Crippen molar-refractivity contribution in [2.24, 2.45) is 4.99 Å². The van der Waals surface area contributed by atoms with Gasteiger partial charge in [0.15, 0.2) is 5.96 Å². The third-order valence-electron chi connectivity index (χ3n) is 5.45. The molecule has 0 saturated carbocycles. The molecule has 2 aliphatic heterocycles. The molecule has 168 valence electrons. The molecule has 1 aromatic rings. The first-order valence-corrected chi connectivity index (χ1v) is 10.6. The smallest absolute Gasteiger partial charge is 0.243 e. The summed E-state index contributed by atoms with van der Waals surface area (Å²) in [7, 11) is 3.50. The lowest BCUT2D eigenvalue weighted by atomic mass is 10.1. The summed E-state index contributed by atoms with van der Waals surface area (Å²) < 4.78 is 5.81. The van der Waals surface area contributed by atoms with Crippen molar-refractivity contribution in [1.82, 2.24) is 20.5 Å². The fourth-order valence-corrected chi connectivity index (χ4v) is 3.61. The van der Waals surface area contributed by atoms with E-state index >= 15 is 0 Å². The van der Waals surface area contributed by atoms with Crippen molar-refractivity contribution in [3.05, 3.63) is 24.4 Å². The minimum absolute atomic E-state index is 0. The molecule has 0 radical (unpaired) electrons. The lowest BCUT2D eigenvalue weighted by molar-refractivity contribution is -0.127. The number of aromatic nitrogens is 1. The number of nitrogens with one attached hydrogen (secondary N) is 2. The molecular formula is C21H35IN6O2. The molecule has 0 bridgehead atoms. The van der Waals surface area contributed by atoms with Crippen molar-refractivity contribution in [3.8, 4) is 0 Å². The number of piperidine rings is 1. The predicted molar refractivity (Wildman–Crippen MR) is 131 cm³/mol. The Labute approximate surface area is 196 Å². The number of likely N-dealkylation sites (N-methyl/N-ethyl adjacent to an activating group) is 1. The largest absolute Gasteiger partial charge is 0.376 e. The second-order valence-corrected chi connectivity index (χ2v) is 7.92. The zero-order chi connectivity index (χ0) is 20.5. The number of anilines is 1. The third-order valence-corrected chi connectivity index (χ3v) is 5.45. The van der Waals surface area contributed by atoms with Crippen LogP contribution in [0.1, 0.15) is 32.1 Å². The minimum Gasteiger partial charge on any atom is -0.376 e. The van der Waals surface area contributed by atoms with E-state index in [1.54, 1.807) is 19.0 Å². The quantitative estimate of drug-likeness (QED) is 0.332. The van der Waals surface area contributed by atoms with Gasteiger partial charge in [-0.05, 0) is 44.2 Å². The van der Waals surface area contributed by atoms with Crippen LogP contribution in [0.5, 0.6) is 0 Å². The average molecular weight is 530 g/mol. The van der Waals surface area contributed by atoms with E-state index in [0.29, 0.717) is 12.0 Å². The molecule has 1 amide bonds. The summed E-state index contributed by atoms with van der Waals surface area (Å²) in [5, 5.41) is 6.92. The molecule has 0 aromatic carbocycles. The zero-order valence-electron chi connectivity index (χ0n) is 18.0. The van der Waals surface area contributed by atoms with Crippen LogP contribution in [0.25, 0.3) is 0 Å². The number of amides is 1. The second-order valence-electron chi connectivity index (χ2n) is 7.92. The Kier molecular flexibility index (Phi) is 10.6. The van der Waals surface area contributed by atoms with Gasteiger partial charge in [0.05, 0.1) is 6.10 Å². The molecule has 1 unspecified atom stereocenters. The molecule has 2 N–H and O–H groups in total. The van der Waals surface area contributed by atoms with E-state index in [9.17, 15) is 4.79 Å². The van der Waals surface area contributed by atoms with Crippen molar-refractivity contribution in [1.29, 1.82) is 0 Å². The molecule has 3 heterocycles. The molecule has 0 aliphatic carbocycles. The molecule has 30 heavy (non-hydrogen) atoms. The fourth-order valence-electron chi connectivity index (χ4n) is 3.61. The number of aliphatic imine (C=N–C) groups is 1. The highest BCUT2D eigenvalue weighted by Gasteiger charge is 2.22. The number of hydrogen-bond donors (Lipinski definition) is 2.